The SMILES string of the molecule is CC.CC(C)N(S)CCNCC(NC(=O)NC(C(=O)N1CCCC1C)C(C)(C)C)C(C)(C)C.CC(NC=O)C(=O)C(N)=O.CC1CC1. The van der Waals surface area contributed by atoms with Crippen LogP contribution in [-0.2, 0) is 19.2 Å². The Morgan fingerprint density at radius 1 is 0.957 bits per heavy atom. The number of thiol groups is 1. The van der Waals surface area contributed by atoms with Gasteiger partial charge in [0.15, 0.2) is 0 Å². The molecule has 2 fully saturated rings. The van der Waals surface area contributed by atoms with Crippen molar-refractivity contribution in [3.8, 4) is 0 Å². The van der Waals surface area contributed by atoms with Gasteiger partial charge in [0.05, 0.1) is 6.04 Å². The molecule has 1 saturated heterocycles. The number of urea groups is 1. The largest absolute Gasteiger partial charge is 0.363 e. The van der Waals surface area contributed by atoms with Gasteiger partial charge in [-0.05, 0) is 57.3 Å². The number of rotatable bonds is 13. The second kappa shape index (κ2) is 23.1. The van der Waals surface area contributed by atoms with E-state index in [0.29, 0.717) is 19.0 Å². The number of carbonyl (C=O) groups excluding carboxylic acids is 5. The van der Waals surface area contributed by atoms with Crippen LogP contribution in [0.2, 0.25) is 0 Å². The van der Waals surface area contributed by atoms with E-state index < -0.39 is 23.8 Å². The first-order valence-corrected chi connectivity index (χ1v) is 17.6. The molecule has 12 nitrogen and oxygen atoms in total. The predicted molar refractivity (Wildman–Crippen MR) is 195 cm³/mol. The van der Waals surface area contributed by atoms with Gasteiger partial charge >= 0.3 is 6.03 Å². The molecular formula is C34H69N7O5S. The number of nitrogens with two attached hydrogens (primary N) is 1. The smallest absolute Gasteiger partial charge is 0.315 e. The molecule has 276 valence electrons. The van der Waals surface area contributed by atoms with E-state index >= 15 is 0 Å². The number of primary amides is 1. The molecule has 1 aliphatic heterocycles. The maximum atomic E-state index is 13.2. The third-order valence-corrected chi connectivity index (χ3v) is 8.52. The number of ketones is 1. The normalized spacial score (nSPS) is 17.8. The van der Waals surface area contributed by atoms with Crippen LogP contribution < -0.4 is 27.0 Å². The first-order valence-electron chi connectivity index (χ1n) is 17.2. The van der Waals surface area contributed by atoms with Crippen molar-refractivity contribution in [2.75, 3.05) is 26.2 Å². The van der Waals surface area contributed by atoms with E-state index in [1.807, 2.05) is 43.8 Å². The molecule has 0 radical (unpaired) electrons. The molecule has 4 atom stereocenters. The zero-order valence-corrected chi connectivity index (χ0v) is 32.6. The van der Waals surface area contributed by atoms with Crippen LogP contribution in [0.25, 0.3) is 0 Å². The number of carbonyl (C=O) groups is 5. The molecule has 1 heterocycles. The molecule has 2 aliphatic rings. The molecule has 1 saturated carbocycles. The van der Waals surface area contributed by atoms with Crippen molar-refractivity contribution in [2.24, 2.45) is 22.5 Å². The number of nitrogens with zero attached hydrogens (tertiary/aromatic N) is 2. The minimum Gasteiger partial charge on any atom is -0.363 e. The third-order valence-electron chi connectivity index (χ3n) is 7.86. The molecule has 5 amide bonds. The molecule has 0 aromatic rings. The summed E-state index contributed by atoms with van der Waals surface area (Å²) in [6.45, 7) is 29.3. The van der Waals surface area contributed by atoms with Gasteiger partial charge in [0.1, 0.15) is 6.04 Å². The van der Waals surface area contributed by atoms with Crippen molar-refractivity contribution in [1.29, 1.82) is 0 Å². The number of hydrogen-bond acceptors (Lipinski definition) is 8. The number of nitrogens with one attached hydrogen (secondary N) is 4. The Hall–Kier alpha value is -2.38. The second-order valence-electron chi connectivity index (χ2n) is 14.7. The zero-order valence-electron chi connectivity index (χ0n) is 31.7. The highest BCUT2D eigenvalue weighted by molar-refractivity contribution is 7.77. The Balaban J connectivity index is 0. The van der Waals surface area contributed by atoms with E-state index in [9.17, 15) is 24.0 Å². The summed E-state index contributed by atoms with van der Waals surface area (Å²) < 4.78 is 1.98. The minimum absolute atomic E-state index is 0.0145. The minimum atomic E-state index is -1.04. The highest BCUT2D eigenvalue weighted by atomic mass is 32.1. The van der Waals surface area contributed by atoms with E-state index in [1.54, 1.807) is 0 Å². The Kier molecular flexibility index (Phi) is 22.9. The maximum absolute atomic E-state index is 13.2. The summed E-state index contributed by atoms with van der Waals surface area (Å²) in [5, 5.41) is 11.6. The van der Waals surface area contributed by atoms with Gasteiger partial charge in [-0.2, -0.15) is 0 Å². The van der Waals surface area contributed by atoms with Crippen LogP contribution in [-0.4, -0.2) is 95.6 Å². The molecule has 13 heteroatoms. The fourth-order valence-electron chi connectivity index (χ4n) is 4.24. The highest BCUT2D eigenvalue weighted by Crippen LogP contribution is 2.27. The summed E-state index contributed by atoms with van der Waals surface area (Å²) >= 11 is 4.47. The van der Waals surface area contributed by atoms with Gasteiger partial charge in [-0.1, -0.05) is 88.0 Å². The van der Waals surface area contributed by atoms with Crippen LogP contribution in [0.3, 0.4) is 0 Å². The number of Topliss-reactive ketones (excluding diaryl/α,β-unsaturated/α-hetero) is 1. The second-order valence-corrected chi connectivity index (χ2v) is 15.3. The molecular weight excluding hydrogens is 618 g/mol. The third kappa shape index (κ3) is 20.6. The quantitative estimate of drug-likeness (QED) is 0.0740. The van der Waals surface area contributed by atoms with Crippen LogP contribution in [0.1, 0.15) is 116 Å². The molecule has 2 rings (SSSR count). The van der Waals surface area contributed by atoms with Crippen LogP contribution in [0.15, 0.2) is 0 Å². The lowest BCUT2D eigenvalue weighted by atomic mass is 9.85. The summed E-state index contributed by atoms with van der Waals surface area (Å²) in [6.07, 6.45) is 5.35. The fourth-order valence-corrected chi connectivity index (χ4v) is 4.34. The van der Waals surface area contributed by atoms with Gasteiger partial charge in [0.2, 0.25) is 18.1 Å². The molecule has 0 spiro atoms. The van der Waals surface area contributed by atoms with Gasteiger partial charge in [-0.15, -0.1) is 0 Å². The van der Waals surface area contributed by atoms with Crippen molar-refractivity contribution in [3.63, 3.8) is 0 Å². The molecule has 4 unspecified atom stereocenters. The van der Waals surface area contributed by atoms with Crippen molar-refractivity contribution in [2.45, 2.75) is 146 Å². The summed E-state index contributed by atoms with van der Waals surface area (Å²) in [6, 6.07) is -1.16. The average molecular weight is 688 g/mol. The Bertz CT molecular complexity index is 948. The monoisotopic (exact) mass is 688 g/mol. The summed E-state index contributed by atoms with van der Waals surface area (Å²) in [7, 11) is 0. The van der Waals surface area contributed by atoms with Gasteiger partial charge in [-0.25, -0.2) is 9.10 Å². The lowest BCUT2D eigenvalue weighted by Gasteiger charge is -2.37. The Labute approximate surface area is 291 Å². The number of hydrogen-bond donors (Lipinski definition) is 6. The topological polar surface area (TPSA) is 166 Å². The zero-order chi connectivity index (χ0) is 37.1. The number of likely N-dealkylation sites (tertiary alicyclic amines) is 1. The van der Waals surface area contributed by atoms with Crippen LogP contribution in [0, 0.1) is 16.7 Å². The lowest BCUT2D eigenvalue weighted by molar-refractivity contribution is -0.137. The molecule has 47 heavy (non-hydrogen) atoms. The van der Waals surface area contributed by atoms with Crippen LogP contribution in [0.4, 0.5) is 4.79 Å². The summed E-state index contributed by atoms with van der Waals surface area (Å²) in [5.41, 5.74) is 4.12. The maximum Gasteiger partial charge on any atom is 0.315 e. The first-order chi connectivity index (χ1) is 21.6. The van der Waals surface area contributed by atoms with Gasteiger partial charge in [0, 0.05) is 44.3 Å². The van der Waals surface area contributed by atoms with Gasteiger partial charge < -0.3 is 31.9 Å². The highest BCUT2D eigenvalue weighted by Gasteiger charge is 2.39. The number of amides is 5. The van der Waals surface area contributed by atoms with Crippen molar-refractivity contribution < 1.29 is 24.0 Å². The molecule has 6 N–H and O–H groups in total. The molecule has 0 bridgehead atoms. The first kappa shape index (κ1) is 46.7. The van der Waals surface area contributed by atoms with E-state index in [0.717, 1.165) is 38.4 Å². The van der Waals surface area contributed by atoms with E-state index in [2.05, 4.69) is 88.3 Å². The molecule has 1 aliphatic carbocycles. The van der Waals surface area contributed by atoms with E-state index in [1.165, 1.54) is 19.8 Å². The van der Waals surface area contributed by atoms with Crippen molar-refractivity contribution in [3.05, 3.63) is 0 Å². The molecule has 0 aromatic carbocycles. The lowest BCUT2D eigenvalue weighted by Crippen LogP contribution is -2.60. The van der Waals surface area contributed by atoms with E-state index in [-0.39, 0.29) is 34.9 Å². The van der Waals surface area contributed by atoms with Crippen LogP contribution in [0.5, 0.6) is 0 Å². The van der Waals surface area contributed by atoms with Crippen molar-refractivity contribution >= 4 is 42.9 Å². The van der Waals surface area contributed by atoms with Gasteiger partial charge in [0.25, 0.3) is 5.91 Å². The summed E-state index contributed by atoms with van der Waals surface area (Å²) in [5.74, 6) is -0.741. The average Bonchev–Trinajstić information content (AvgIpc) is 3.64. The predicted octanol–water partition coefficient (Wildman–Crippen LogP) is 3.89. The van der Waals surface area contributed by atoms with Gasteiger partial charge in [-0.3, -0.25) is 19.2 Å². The van der Waals surface area contributed by atoms with Crippen LogP contribution >= 0.6 is 12.8 Å². The standard InChI is InChI=1S/C23H47N5O2S.C5H8N2O3.C4H8.C2H6/c1-16(2)28(31)14-12-24-15-18(22(4,5)6)25-21(30)26-19(23(7,8)9)20(29)27-13-10-11-17(27)3;1-3(7-2-8)4(9)5(6)10;1-4-2-3-4;1-2/h16-19,24,31H,10-15H2,1-9H3,(H2,25,26,30);2-3H,1H3,(H2,6,10)(H,7,8);4H,2-3H2,1H3;1-2H3. The summed E-state index contributed by atoms with van der Waals surface area (Å²) in [4.78, 5) is 58.5. The van der Waals surface area contributed by atoms with Crippen molar-refractivity contribution in [1.82, 2.24) is 30.5 Å². The fraction of sp³-hybridized carbons (Fsp3) is 0.853. The molecule has 0 aromatic heterocycles. The Morgan fingerprint density at radius 3 is 1.85 bits per heavy atom. The van der Waals surface area contributed by atoms with E-state index in [4.69, 9.17) is 0 Å². The Morgan fingerprint density at radius 2 is 1.49 bits per heavy atom.